The van der Waals surface area contributed by atoms with Gasteiger partial charge in [0, 0.05) is 36.8 Å². The number of nitrogens with one attached hydrogen (secondary N) is 1. The van der Waals surface area contributed by atoms with Crippen LogP contribution < -0.4 is 11.1 Å². The highest BCUT2D eigenvalue weighted by atomic mass is 15.1. The summed E-state index contributed by atoms with van der Waals surface area (Å²) >= 11 is 0. The molecule has 0 bridgehead atoms. The first-order valence-electron chi connectivity index (χ1n) is 7.98. The van der Waals surface area contributed by atoms with Gasteiger partial charge in [0.15, 0.2) is 11.5 Å². The average molecular weight is 341 g/mol. The Balaban J connectivity index is 2.07. The first kappa shape index (κ1) is 15.6. The number of anilines is 2. The van der Waals surface area contributed by atoms with Crippen LogP contribution in [0.3, 0.4) is 0 Å². The number of pyridine rings is 1. The zero-order valence-corrected chi connectivity index (χ0v) is 14.0. The van der Waals surface area contributed by atoms with E-state index in [1.54, 1.807) is 24.5 Å². The molecule has 4 rings (SSSR count). The molecule has 4 aromatic rings. The number of imidazole rings is 1. The van der Waals surface area contributed by atoms with E-state index in [4.69, 9.17) is 5.73 Å². The smallest absolute Gasteiger partial charge is 0.180 e. The van der Waals surface area contributed by atoms with Crippen molar-refractivity contribution in [3.8, 4) is 28.6 Å². The molecule has 7 nitrogen and oxygen atoms in total. The fourth-order valence-corrected chi connectivity index (χ4v) is 2.94. The first-order chi connectivity index (χ1) is 12.7. The van der Waals surface area contributed by atoms with E-state index in [0.29, 0.717) is 22.7 Å². The van der Waals surface area contributed by atoms with E-state index in [9.17, 15) is 5.26 Å². The van der Waals surface area contributed by atoms with E-state index in [-0.39, 0.29) is 0 Å². The fourth-order valence-electron chi connectivity index (χ4n) is 2.94. The predicted molar refractivity (Wildman–Crippen MR) is 100 cm³/mol. The SMILES string of the molecule is CNc1cc(-c2c(-c3cccc(C#N)c3)nc(N)c3nccn23)ccn1. The van der Waals surface area contributed by atoms with Gasteiger partial charge in [0.25, 0.3) is 0 Å². The minimum atomic E-state index is 0.332. The van der Waals surface area contributed by atoms with Crippen LogP contribution in [0.5, 0.6) is 0 Å². The quantitative estimate of drug-likeness (QED) is 0.593. The van der Waals surface area contributed by atoms with Gasteiger partial charge in [-0.05, 0) is 24.3 Å². The largest absolute Gasteiger partial charge is 0.381 e. The second kappa shape index (κ2) is 6.18. The van der Waals surface area contributed by atoms with Crippen LogP contribution in [0.4, 0.5) is 11.6 Å². The summed E-state index contributed by atoms with van der Waals surface area (Å²) in [5.41, 5.74) is 10.5. The van der Waals surface area contributed by atoms with Gasteiger partial charge in [0.05, 0.1) is 23.0 Å². The third-order valence-electron chi connectivity index (χ3n) is 4.12. The standard InChI is InChI=1S/C19H15N7/c1-22-15-10-14(5-6-23-15)17-16(13-4-2-3-12(9-13)11-20)25-18(21)19-24-7-8-26(17)19/h2-10H,1H3,(H2,21,25)(H,22,23). The Labute approximate surface area is 149 Å². The summed E-state index contributed by atoms with van der Waals surface area (Å²) < 4.78 is 1.91. The lowest BCUT2D eigenvalue weighted by Crippen LogP contribution is -2.04. The number of nitriles is 1. The van der Waals surface area contributed by atoms with Crippen LogP contribution in [0.15, 0.2) is 55.0 Å². The molecule has 0 radical (unpaired) electrons. The van der Waals surface area contributed by atoms with Crippen LogP contribution in [-0.2, 0) is 0 Å². The number of hydrogen-bond acceptors (Lipinski definition) is 6. The number of nitrogens with zero attached hydrogens (tertiary/aromatic N) is 5. The van der Waals surface area contributed by atoms with Gasteiger partial charge in [0.2, 0.25) is 0 Å². The molecule has 0 aliphatic carbocycles. The molecular weight excluding hydrogens is 326 g/mol. The van der Waals surface area contributed by atoms with Gasteiger partial charge in [-0.2, -0.15) is 5.26 Å². The molecule has 3 N–H and O–H groups in total. The second-order valence-corrected chi connectivity index (χ2v) is 5.69. The zero-order valence-electron chi connectivity index (χ0n) is 14.0. The molecule has 26 heavy (non-hydrogen) atoms. The third kappa shape index (κ3) is 2.50. The Bertz CT molecular complexity index is 1150. The average Bonchev–Trinajstić information content (AvgIpc) is 3.18. The third-order valence-corrected chi connectivity index (χ3v) is 4.12. The first-order valence-corrected chi connectivity index (χ1v) is 7.98. The number of nitrogens with two attached hydrogens (primary N) is 1. The van der Waals surface area contributed by atoms with Gasteiger partial charge in [0.1, 0.15) is 5.82 Å². The summed E-state index contributed by atoms with van der Waals surface area (Å²) in [6.45, 7) is 0. The number of rotatable bonds is 3. The van der Waals surface area contributed by atoms with Crippen molar-refractivity contribution in [1.29, 1.82) is 5.26 Å². The van der Waals surface area contributed by atoms with Gasteiger partial charge < -0.3 is 11.1 Å². The van der Waals surface area contributed by atoms with Crippen molar-refractivity contribution in [2.24, 2.45) is 0 Å². The highest BCUT2D eigenvalue weighted by Crippen LogP contribution is 2.33. The number of nitrogen functional groups attached to an aromatic ring is 1. The van der Waals surface area contributed by atoms with E-state index >= 15 is 0 Å². The highest BCUT2D eigenvalue weighted by Gasteiger charge is 2.17. The number of hydrogen-bond donors (Lipinski definition) is 2. The number of benzene rings is 1. The molecule has 126 valence electrons. The van der Waals surface area contributed by atoms with Crippen molar-refractivity contribution in [3.63, 3.8) is 0 Å². The van der Waals surface area contributed by atoms with Crippen molar-refractivity contribution in [1.82, 2.24) is 19.4 Å². The van der Waals surface area contributed by atoms with Gasteiger partial charge in [-0.1, -0.05) is 12.1 Å². The van der Waals surface area contributed by atoms with Gasteiger partial charge >= 0.3 is 0 Å². The van der Waals surface area contributed by atoms with Crippen molar-refractivity contribution in [2.75, 3.05) is 18.1 Å². The van der Waals surface area contributed by atoms with Crippen LogP contribution in [0.2, 0.25) is 0 Å². The van der Waals surface area contributed by atoms with E-state index < -0.39 is 0 Å². The monoisotopic (exact) mass is 341 g/mol. The van der Waals surface area contributed by atoms with Crippen molar-refractivity contribution in [2.45, 2.75) is 0 Å². The molecule has 3 aromatic heterocycles. The highest BCUT2D eigenvalue weighted by molar-refractivity contribution is 5.84. The van der Waals surface area contributed by atoms with Crippen LogP contribution in [0.1, 0.15) is 5.56 Å². The van der Waals surface area contributed by atoms with E-state index in [0.717, 1.165) is 22.6 Å². The van der Waals surface area contributed by atoms with Crippen molar-refractivity contribution < 1.29 is 0 Å². The van der Waals surface area contributed by atoms with E-state index in [2.05, 4.69) is 26.3 Å². The Morgan fingerprint density at radius 2 is 2.00 bits per heavy atom. The lowest BCUT2D eigenvalue weighted by molar-refractivity contribution is 1.14. The predicted octanol–water partition coefficient (Wildman–Crippen LogP) is 2.95. The maximum Gasteiger partial charge on any atom is 0.180 e. The molecule has 0 aliphatic heterocycles. The molecule has 7 heteroatoms. The molecule has 0 fully saturated rings. The molecule has 0 unspecified atom stereocenters. The molecule has 0 spiro atoms. The minimum Gasteiger partial charge on any atom is -0.381 e. The van der Waals surface area contributed by atoms with Gasteiger partial charge in [-0.15, -0.1) is 0 Å². The number of aromatic nitrogens is 4. The lowest BCUT2D eigenvalue weighted by atomic mass is 10.0. The summed E-state index contributed by atoms with van der Waals surface area (Å²) in [7, 11) is 1.82. The van der Waals surface area contributed by atoms with Crippen LogP contribution in [0, 0.1) is 11.3 Å². The Morgan fingerprint density at radius 1 is 1.12 bits per heavy atom. The summed E-state index contributed by atoms with van der Waals surface area (Å²) in [6.07, 6.45) is 5.27. The maximum absolute atomic E-state index is 9.23. The van der Waals surface area contributed by atoms with E-state index in [1.165, 1.54) is 0 Å². The molecule has 1 aromatic carbocycles. The summed E-state index contributed by atoms with van der Waals surface area (Å²) in [5, 5.41) is 12.3. The summed E-state index contributed by atoms with van der Waals surface area (Å²) in [4.78, 5) is 13.2. The Hall–Kier alpha value is -3.92. The fraction of sp³-hybridized carbons (Fsp3) is 0.0526. The van der Waals surface area contributed by atoms with Gasteiger partial charge in [-0.3, -0.25) is 4.40 Å². The van der Waals surface area contributed by atoms with Crippen molar-refractivity contribution in [3.05, 3.63) is 60.6 Å². The van der Waals surface area contributed by atoms with Crippen LogP contribution >= 0.6 is 0 Å². The maximum atomic E-state index is 9.23. The van der Waals surface area contributed by atoms with Crippen molar-refractivity contribution >= 4 is 17.3 Å². The summed E-state index contributed by atoms with van der Waals surface area (Å²) in [6, 6.07) is 13.3. The molecule has 0 saturated carbocycles. The topological polar surface area (TPSA) is 105 Å². The molecule has 0 saturated heterocycles. The molecule has 0 amide bonds. The Kier molecular flexibility index (Phi) is 3.71. The van der Waals surface area contributed by atoms with Crippen LogP contribution in [-0.4, -0.2) is 26.4 Å². The molecule has 0 atom stereocenters. The summed E-state index contributed by atoms with van der Waals surface area (Å²) in [5.74, 6) is 1.07. The molecule has 3 heterocycles. The van der Waals surface area contributed by atoms with E-state index in [1.807, 2.05) is 41.9 Å². The van der Waals surface area contributed by atoms with Crippen LogP contribution in [0.25, 0.3) is 28.2 Å². The number of fused-ring (bicyclic) bond motifs is 1. The normalized spacial score (nSPS) is 10.6. The Morgan fingerprint density at radius 3 is 2.81 bits per heavy atom. The second-order valence-electron chi connectivity index (χ2n) is 5.69. The van der Waals surface area contributed by atoms with Gasteiger partial charge in [-0.25, -0.2) is 15.0 Å². The zero-order chi connectivity index (χ0) is 18.1. The molecule has 0 aliphatic rings. The lowest BCUT2D eigenvalue weighted by Gasteiger charge is -2.14. The minimum absolute atomic E-state index is 0.332. The molecular formula is C19H15N7.